The zero-order valence-electron chi connectivity index (χ0n) is 11.2. The lowest BCUT2D eigenvalue weighted by molar-refractivity contribution is 0.0696. The number of alkyl halides is 2. The van der Waals surface area contributed by atoms with Crippen LogP contribution in [-0.2, 0) is 0 Å². The smallest absolute Gasteiger partial charge is 0.335 e. The number of carboxylic acid groups (broad SMARTS) is 1. The molecule has 0 aliphatic heterocycles. The van der Waals surface area contributed by atoms with Crippen molar-refractivity contribution >= 4 is 5.97 Å². The van der Waals surface area contributed by atoms with Gasteiger partial charge in [-0.1, -0.05) is 24.3 Å². The van der Waals surface area contributed by atoms with Crippen molar-refractivity contribution in [3.8, 4) is 11.1 Å². The van der Waals surface area contributed by atoms with Gasteiger partial charge in [0.1, 0.15) is 0 Å². The molecule has 4 heteroatoms. The maximum Gasteiger partial charge on any atom is 0.335 e. The van der Waals surface area contributed by atoms with Crippen LogP contribution in [-0.4, -0.2) is 11.1 Å². The van der Waals surface area contributed by atoms with Crippen LogP contribution < -0.4 is 0 Å². The summed E-state index contributed by atoms with van der Waals surface area (Å²) >= 11 is 0. The Balaban J connectivity index is 2.67. The summed E-state index contributed by atoms with van der Waals surface area (Å²) in [6.07, 6.45) is -2.72. The summed E-state index contributed by atoms with van der Waals surface area (Å²) in [6.45, 7) is 3.78. The molecule has 0 aliphatic carbocycles. The van der Waals surface area contributed by atoms with Gasteiger partial charge in [0.25, 0.3) is 6.43 Å². The Bertz CT molecular complexity index is 664. The van der Waals surface area contributed by atoms with Crippen LogP contribution in [0.3, 0.4) is 0 Å². The number of benzene rings is 2. The van der Waals surface area contributed by atoms with Crippen molar-refractivity contribution in [3.63, 3.8) is 0 Å². The fourth-order valence-corrected chi connectivity index (χ4v) is 2.16. The summed E-state index contributed by atoms with van der Waals surface area (Å²) in [5, 5.41) is 8.91. The third-order valence-electron chi connectivity index (χ3n) is 3.43. The van der Waals surface area contributed by atoms with E-state index in [0.717, 1.165) is 17.2 Å². The highest BCUT2D eigenvalue weighted by atomic mass is 19.3. The van der Waals surface area contributed by atoms with Gasteiger partial charge in [-0.15, -0.1) is 0 Å². The number of aryl methyl sites for hydroxylation is 1. The molecule has 0 heterocycles. The maximum absolute atomic E-state index is 13.2. The lowest BCUT2D eigenvalue weighted by atomic mass is 9.92. The van der Waals surface area contributed by atoms with Crippen molar-refractivity contribution in [1.82, 2.24) is 0 Å². The average Bonchev–Trinajstić information content (AvgIpc) is 2.41. The van der Waals surface area contributed by atoms with Gasteiger partial charge in [0.2, 0.25) is 0 Å². The second-order valence-electron chi connectivity index (χ2n) is 4.66. The number of carboxylic acids is 1. The lowest BCUT2D eigenvalue weighted by Gasteiger charge is -2.14. The highest BCUT2D eigenvalue weighted by molar-refractivity contribution is 5.89. The van der Waals surface area contributed by atoms with E-state index in [1.807, 2.05) is 19.9 Å². The van der Waals surface area contributed by atoms with E-state index < -0.39 is 12.4 Å². The van der Waals surface area contributed by atoms with Gasteiger partial charge in [-0.25, -0.2) is 13.6 Å². The van der Waals surface area contributed by atoms with E-state index in [9.17, 15) is 13.6 Å². The van der Waals surface area contributed by atoms with Crippen LogP contribution in [0.4, 0.5) is 8.78 Å². The molecule has 0 amide bonds. The van der Waals surface area contributed by atoms with Crippen molar-refractivity contribution < 1.29 is 18.7 Å². The standard InChI is InChI=1S/C16H14F2O2/c1-9-4-3-5-12(10(9)2)13-7-6-11(16(19)20)8-14(13)15(17)18/h3-8,15H,1-2H3,(H,19,20). The van der Waals surface area contributed by atoms with Gasteiger partial charge in [0.15, 0.2) is 0 Å². The number of rotatable bonds is 3. The minimum Gasteiger partial charge on any atom is -0.478 e. The Hall–Kier alpha value is -2.23. The van der Waals surface area contributed by atoms with Gasteiger partial charge in [0.05, 0.1) is 5.56 Å². The largest absolute Gasteiger partial charge is 0.478 e. The van der Waals surface area contributed by atoms with Gasteiger partial charge >= 0.3 is 5.97 Å². The molecule has 20 heavy (non-hydrogen) atoms. The van der Waals surface area contributed by atoms with Gasteiger partial charge in [0, 0.05) is 5.56 Å². The van der Waals surface area contributed by atoms with Gasteiger partial charge in [-0.05, 0) is 48.2 Å². The Morgan fingerprint density at radius 3 is 2.40 bits per heavy atom. The monoisotopic (exact) mass is 276 g/mol. The van der Waals surface area contributed by atoms with Crippen LogP contribution >= 0.6 is 0 Å². The Kier molecular flexibility index (Phi) is 3.84. The molecule has 1 N–H and O–H groups in total. The molecule has 0 atom stereocenters. The molecule has 0 unspecified atom stereocenters. The molecule has 2 aromatic carbocycles. The second kappa shape index (κ2) is 5.41. The third kappa shape index (κ3) is 2.54. The average molecular weight is 276 g/mol. The molecule has 0 saturated carbocycles. The van der Waals surface area contributed by atoms with E-state index in [0.29, 0.717) is 11.1 Å². The molecule has 2 aromatic rings. The molecule has 0 radical (unpaired) electrons. The van der Waals surface area contributed by atoms with Crippen molar-refractivity contribution in [3.05, 3.63) is 58.7 Å². The van der Waals surface area contributed by atoms with Gasteiger partial charge in [-0.3, -0.25) is 0 Å². The molecule has 2 nitrogen and oxygen atoms in total. The van der Waals surface area contributed by atoms with Crippen LogP contribution in [0.5, 0.6) is 0 Å². The third-order valence-corrected chi connectivity index (χ3v) is 3.43. The van der Waals surface area contributed by atoms with Crippen molar-refractivity contribution in [2.75, 3.05) is 0 Å². The summed E-state index contributed by atoms with van der Waals surface area (Å²) in [6, 6.07) is 9.33. The molecular formula is C16H14F2O2. The lowest BCUT2D eigenvalue weighted by Crippen LogP contribution is -2.00. The summed E-state index contributed by atoms with van der Waals surface area (Å²) in [5.74, 6) is -1.21. The van der Waals surface area contributed by atoms with Crippen molar-refractivity contribution in [2.45, 2.75) is 20.3 Å². The Labute approximate surface area is 115 Å². The first-order chi connectivity index (χ1) is 9.41. The van der Waals surface area contributed by atoms with Crippen molar-refractivity contribution in [2.24, 2.45) is 0 Å². The molecule has 0 aromatic heterocycles. The van der Waals surface area contributed by atoms with Crippen molar-refractivity contribution in [1.29, 1.82) is 0 Å². The van der Waals surface area contributed by atoms with Crippen LogP contribution in [0.25, 0.3) is 11.1 Å². The number of aromatic carboxylic acids is 1. The first kappa shape index (κ1) is 14.2. The number of halogens is 2. The fourth-order valence-electron chi connectivity index (χ4n) is 2.16. The van der Waals surface area contributed by atoms with E-state index in [1.54, 1.807) is 12.1 Å². The minimum absolute atomic E-state index is 0.130. The fraction of sp³-hybridized carbons (Fsp3) is 0.188. The molecule has 0 spiro atoms. The highest BCUT2D eigenvalue weighted by Gasteiger charge is 2.18. The SMILES string of the molecule is Cc1cccc(-c2ccc(C(=O)O)cc2C(F)F)c1C. The molecule has 0 bridgehead atoms. The molecule has 104 valence electrons. The first-order valence-electron chi connectivity index (χ1n) is 6.13. The summed E-state index contributed by atoms with van der Waals surface area (Å²) in [4.78, 5) is 10.9. The molecule has 0 fully saturated rings. The van der Waals surface area contributed by atoms with E-state index in [1.165, 1.54) is 12.1 Å². The van der Waals surface area contributed by atoms with Gasteiger partial charge < -0.3 is 5.11 Å². The van der Waals surface area contributed by atoms with Crippen LogP contribution in [0, 0.1) is 13.8 Å². The van der Waals surface area contributed by atoms with Crippen LogP contribution in [0.1, 0.15) is 33.5 Å². The first-order valence-corrected chi connectivity index (χ1v) is 6.13. The molecular weight excluding hydrogens is 262 g/mol. The highest BCUT2D eigenvalue weighted by Crippen LogP contribution is 2.34. The topological polar surface area (TPSA) is 37.3 Å². The predicted molar refractivity (Wildman–Crippen MR) is 73.3 cm³/mol. The summed E-state index contributed by atoms with van der Waals surface area (Å²) in [7, 11) is 0. The van der Waals surface area contributed by atoms with E-state index in [4.69, 9.17) is 5.11 Å². The van der Waals surface area contributed by atoms with E-state index >= 15 is 0 Å². The zero-order chi connectivity index (χ0) is 14.9. The molecule has 0 aliphatic rings. The zero-order valence-corrected chi connectivity index (χ0v) is 11.2. The van der Waals surface area contributed by atoms with Gasteiger partial charge in [-0.2, -0.15) is 0 Å². The van der Waals surface area contributed by atoms with Crippen LogP contribution in [0.2, 0.25) is 0 Å². The van der Waals surface area contributed by atoms with E-state index in [-0.39, 0.29) is 11.1 Å². The number of hydrogen-bond acceptors (Lipinski definition) is 1. The number of carbonyl (C=O) groups is 1. The summed E-state index contributed by atoms with van der Waals surface area (Å²) in [5.41, 5.74) is 2.62. The molecule has 0 saturated heterocycles. The molecule has 2 rings (SSSR count). The van der Waals surface area contributed by atoms with Crippen LogP contribution in [0.15, 0.2) is 36.4 Å². The summed E-state index contributed by atoms with van der Waals surface area (Å²) < 4.78 is 26.4. The predicted octanol–water partition coefficient (Wildman–Crippen LogP) is 4.61. The Morgan fingerprint density at radius 2 is 1.80 bits per heavy atom. The van der Waals surface area contributed by atoms with E-state index in [2.05, 4.69) is 0 Å². The normalized spacial score (nSPS) is 10.8. The Morgan fingerprint density at radius 1 is 1.10 bits per heavy atom. The second-order valence-corrected chi connectivity index (χ2v) is 4.66. The maximum atomic E-state index is 13.2. The number of hydrogen-bond donors (Lipinski definition) is 1. The minimum atomic E-state index is -2.72. The quantitative estimate of drug-likeness (QED) is 0.889.